The van der Waals surface area contributed by atoms with Crippen LogP contribution in [0.25, 0.3) is 0 Å². The van der Waals surface area contributed by atoms with E-state index in [1.54, 1.807) is 0 Å². The molecular weight excluding hydrogens is 464 g/mol. The highest BCUT2D eigenvalue weighted by molar-refractivity contribution is 5.90. The van der Waals surface area contributed by atoms with Gasteiger partial charge < -0.3 is 64.5 Å². The van der Waals surface area contributed by atoms with Crippen molar-refractivity contribution in [3.05, 3.63) is 23.8 Å². The molecular formula is C20H28O14. The van der Waals surface area contributed by atoms with Crippen LogP contribution in [0.4, 0.5) is 0 Å². The number of benzene rings is 1. The third-order valence-electron chi connectivity index (χ3n) is 5.58. The Morgan fingerprint density at radius 1 is 0.882 bits per heavy atom. The lowest BCUT2D eigenvalue weighted by molar-refractivity contribution is -0.376. The van der Waals surface area contributed by atoms with Crippen LogP contribution in [0.2, 0.25) is 0 Å². The van der Waals surface area contributed by atoms with Gasteiger partial charge in [-0.05, 0) is 18.2 Å². The second-order valence-electron chi connectivity index (χ2n) is 7.83. The van der Waals surface area contributed by atoms with Gasteiger partial charge >= 0.3 is 5.97 Å². The molecule has 14 nitrogen and oxygen atoms in total. The van der Waals surface area contributed by atoms with E-state index in [0.29, 0.717) is 0 Å². The van der Waals surface area contributed by atoms with Crippen molar-refractivity contribution in [1.29, 1.82) is 0 Å². The van der Waals surface area contributed by atoms with Crippen LogP contribution >= 0.6 is 0 Å². The van der Waals surface area contributed by atoms with E-state index in [4.69, 9.17) is 23.7 Å². The van der Waals surface area contributed by atoms with Crippen molar-refractivity contribution in [3.8, 4) is 11.5 Å². The Morgan fingerprint density at radius 2 is 1.44 bits per heavy atom. The molecule has 0 saturated carbocycles. The van der Waals surface area contributed by atoms with Gasteiger partial charge in [-0.3, -0.25) is 0 Å². The number of hydrogen-bond donors (Lipinski definition) is 8. The molecule has 8 N–H and O–H groups in total. The molecule has 192 valence electrons. The molecule has 0 spiro atoms. The van der Waals surface area contributed by atoms with Crippen molar-refractivity contribution in [2.45, 2.75) is 61.4 Å². The molecule has 0 aliphatic carbocycles. The first-order valence-electron chi connectivity index (χ1n) is 10.3. The highest BCUT2D eigenvalue weighted by Gasteiger charge is 2.49. The molecule has 0 radical (unpaired) electrons. The Labute approximate surface area is 193 Å². The Bertz CT molecular complexity index is 833. The number of hydrogen-bond acceptors (Lipinski definition) is 14. The molecule has 2 aliphatic heterocycles. The van der Waals surface area contributed by atoms with E-state index in [1.165, 1.54) is 25.3 Å². The molecule has 2 fully saturated rings. The maximum absolute atomic E-state index is 12.3. The van der Waals surface area contributed by atoms with Gasteiger partial charge in [0.25, 0.3) is 0 Å². The van der Waals surface area contributed by atoms with E-state index in [0.717, 1.165) is 0 Å². The maximum atomic E-state index is 12.3. The van der Waals surface area contributed by atoms with Gasteiger partial charge in [0.2, 0.25) is 0 Å². The minimum atomic E-state index is -1.84. The first-order valence-corrected chi connectivity index (χ1v) is 10.3. The normalized spacial score (nSPS) is 38.4. The van der Waals surface area contributed by atoms with Crippen LogP contribution in [0, 0.1) is 0 Å². The average Bonchev–Trinajstić information content (AvgIpc) is 2.83. The molecule has 2 aliphatic rings. The van der Waals surface area contributed by atoms with E-state index >= 15 is 0 Å². The van der Waals surface area contributed by atoms with Gasteiger partial charge in [0.15, 0.2) is 24.1 Å². The largest absolute Gasteiger partial charge is 0.504 e. The summed E-state index contributed by atoms with van der Waals surface area (Å²) < 4.78 is 25.9. The topological polar surface area (TPSA) is 225 Å². The second-order valence-corrected chi connectivity index (χ2v) is 7.83. The number of carbonyl (C=O) groups is 1. The summed E-state index contributed by atoms with van der Waals surface area (Å²) >= 11 is 0. The van der Waals surface area contributed by atoms with Crippen LogP contribution < -0.4 is 4.74 Å². The zero-order chi connectivity index (χ0) is 25.2. The highest BCUT2D eigenvalue weighted by atomic mass is 16.8. The predicted octanol–water partition coefficient (Wildman–Crippen LogP) is -3.82. The van der Waals surface area contributed by atoms with Crippen molar-refractivity contribution in [2.75, 3.05) is 20.3 Å². The molecule has 0 aromatic heterocycles. The lowest BCUT2D eigenvalue weighted by atomic mass is 9.98. The third-order valence-corrected chi connectivity index (χ3v) is 5.58. The number of aromatic hydroxyl groups is 1. The van der Waals surface area contributed by atoms with Gasteiger partial charge in [-0.25, -0.2) is 4.79 Å². The Kier molecular flexibility index (Phi) is 8.64. The quantitative estimate of drug-likeness (QED) is 0.171. The Hall–Kier alpha value is -2.11. The summed E-state index contributed by atoms with van der Waals surface area (Å²) in [5.41, 5.74) is 0.00894. The number of aliphatic hydroxyl groups is 7. The first kappa shape index (κ1) is 26.5. The van der Waals surface area contributed by atoms with Crippen LogP contribution in [-0.2, 0) is 18.9 Å². The maximum Gasteiger partial charge on any atom is 0.338 e. The molecule has 2 heterocycles. The molecule has 3 rings (SSSR count). The van der Waals surface area contributed by atoms with Crippen molar-refractivity contribution >= 4 is 5.97 Å². The minimum Gasteiger partial charge on any atom is -0.504 e. The smallest absolute Gasteiger partial charge is 0.338 e. The number of aliphatic hydroxyl groups excluding tert-OH is 7. The number of phenolic OH excluding ortho intramolecular Hbond substituents is 1. The van der Waals surface area contributed by atoms with Crippen LogP contribution in [0.5, 0.6) is 11.5 Å². The van der Waals surface area contributed by atoms with Crippen LogP contribution in [0.1, 0.15) is 10.4 Å². The number of phenols is 1. The first-order chi connectivity index (χ1) is 16.1. The summed E-state index contributed by atoms with van der Waals surface area (Å²) in [6.07, 6.45) is -16.7. The lowest BCUT2D eigenvalue weighted by Crippen LogP contribution is -2.63. The Balaban J connectivity index is 1.66. The molecule has 2 saturated heterocycles. The third kappa shape index (κ3) is 5.41. The van der Waals surface area contributed by atoms with E-state index < -0.39 is 80.6 Å². The summed E-state index contributed by atoms with van der Waals surface area (Å²) in [6, 6.07) is 3.70. The number of rotatable bonds is 7. The van der Waals surface area contributed by atoms with Crippen molar-refractivity contribution in [2.24, 2.45) is 0 Å². The molecule has 0 amide bonds. The van der Waals surface area contributed by atoms with Crippen molar-refractivity contribution in [3.63, 3.8) is 0 Å². The van der Waals surface area contributed by atoms with E-state index in [-0.39, 0.29) is 17.1 Å². The molecule has 1 aromatic carbocycles. The number of methoxy groups -OCH3 is 1. The molecule has 10 atom stereocenters. The van der Waals surface area contributed by atoms with Gasteiger partial charge in [0.05, 0.1) is 19.3 Å². The Morgan fingerprint density at radius 3 is 2.00 bits per heavy atom. The standard InChI is InChI=1S/C20H28O14/c1-30-9-4-7(2-3-8(9)22)18(29)31-6-11-13(24)15(26)17(28)20(33-11)34-19-16(27)14(25)12(23)10(5-21)32-19/h2-4,10-17,19-28H,5-6H2,1H3. The molecule has 34 heavy (non-hydrogen) atoms. The summed E-state index contributed by atoms with van der Waals surface area (Å²) in [5.74, 6) is -1.05. The van der Waals surface area contributed by atoms with Gasteiger partial charge in [-0.1, -0.05) is 0 Å². The summed E-state index contributed by atoms with van der Waals surface area (Å²) in [5, 5.41) is 79.3. The van der Waals surface area contributed by atoms with Gasteiger partial charge in [0.1, 0.15) is 55.4 Å². The molecule has 10 unspecified atom stereocenters. The van der Waals surface area contributed by atoms with Gasteiger partial charge in [-0.15, -0.1) is 0 Å². The van der Waals surface area contributed by atoms with Gasteiger partial charge in [-0.2, -0.15) is 0 Å². The predicted molar refractivity (Wildman–Crippen MR) is 106 cm³/mol. The zero-order valence-electron chi connectivity index (χ0n) is 17.9. The fraction of sp³-hybridized carbons (Fsp3) is 0.650. The molecule has 14 heteroatoms. The number of esters is 1. The van der Waals surface area contributed by atoms with Gasteiger partial charge in [0, 0.05) is 0 Å². The van der Waals surface area contributed by atoms with E-state index in [1.807, 2.05) is 0 Å². The van der Waals surface area contributed by atoms with E-state index in [9.17, 15) is 45.6 Å². The number of ether oxygens (including phenoxy) is 5. The van der Waals surface area contributed by atoms with Crippen LogP contribution in [0.3, 0.4) is 0 Å². The SMILES string of the molecule is COc1cc(C(=O)OCC2OC(OC3OC(CO)C(O)C(O)C3O)C(O)C(O)C2O)ccc1O. The van der Waals surface area contributed by atoms with Crippen LogP contribution in [0.15, 0.2) is 18.2 Å². The zero-order valence-corrected chi connectivity index (χ0v) is 17.9. The van der Waals surface area contributed by atoms with Crippen molar-refractivity contribution < 1.29 is 69.3 Å². The minimum absolute atomic E-state index is 0.00894. The second kappa shape index (κ2) is 11.1. The summed E-state index contributed by atoms with van der Waals surface area (Å²) in [7, 11) is 1.29. The lowest BCUT2D eigenvalue weighted by Gasteiger charge is -2.44. The van der Waals surface area contributed by atoms with Crippen LogP contribution in [-0.4, -0.2) is 129 Å². The molecule has 1 aromatic rings. The highest BCUT2D eigenvalue weighted by Crippen LogP contribution is 2.29. The summed E-state index contributed by atoms with van der Waals surface area (Å²) in [4.78, 5) is 12.3. The van der Waals surface area contributed by atoms with E-state index in [2.05, 4.69) is 0 Å². The fourth-order valence-electron chi connectivity index (χ4n) is 3.52. The monoisotopic (exact) mass is 492 g/mol. The number of carbonyl (C=O) groups excluding carboxylic acids is 1. The fourth-order valence-corrected chi connectivity index (χ4v) is 3.52. The summed E-state index contributed by atoms with van der Waals surface area (Å²) in [6.45, 7) is -1.32. The molecule has 0 bridgehead atoms. The van der Waals surface area contributed by atoms with Crippen molar-refractivity contribution in [1.82, 2.24) is 0 Å². The average molecular weight is 492 g/mol.